The van der Waals surface area contributed by atoms with Crippen molar-refractivity contribution in [2.24, 2.45) is 0 Å². The first-order chi connectivity index (χ1) is 6.04. The fourth-order valence-corrected chi connectivity index (χ4v) is 0.910. The molecule has 0 aliphatic rings. The molecular weight excluding hydrogens is 173 g/mol. The fourth-order valence-electron chi connectivity index (χ4n) is 0.910. The summed E-state index contributed by atoms with van der Waals surface area (Å²) in [4.78, 5) is 0. The van der Waals surface area contributed by atoms with Crippen LogP contribution in [0.3, 0.4) is 0 Å². The number of aliphatic hydroxyl groups is 1. The highest BCUT2D eigenvalue weighted by molar-refractivity contribution is 5.02. The van der Waals surface area contributed by atoms with Crippen molar-refractivity contribution in [3.8, 4) is 0 Å². The number of halogens is 1. The van der Waals surface area contributed by atoms with Crippen LogP contribution in [0.15, 0.2) is 6.20 Å². The van der Waals surface area contributed by atoms with Crippen molar-refractivity contribution in [2.75, 3.05) is 6.67 Å². The van der Waals surface area contributed by atoms with Gasteiger partial charge < -0.3 is 5.11 Å². The first kappa shape index (κ1) is 10.1. The van der Waals surface area contributed by atoms with Crippen molar-refractivity contribution in [3.63, 3.8) is 0 Å². The second-order valence-electron chi connectivity index (χ2n) is 3.47. The maximum Gasteiger partial charge on any atom is 0.114 e. The van der Waals surface area contributed by atoms with Crippen LogP contribution < -0.4 is 0 Å². The zero-order valence-corrected chi connectivity index (χ0v) is 7.87. The van der Waals surface area contributed by atoms with Crippen LogP contribution in [0, 0.1) is 0 Å². The SMILES string of the molecule is CC(C)(O)c1cn(CCCF)nn1. The van der Waals surface area contributed by atoms with Crippen LogP contribution in [0.5, 0.6) is 0 Å². The van der Waals surface area contributed by atoms with E-state index in [1.807, 2.05) is 0 Å². The van der Waals surface area contributed by atoms with E-state index in [1.165, 1.54) is 4.68 Å². The van der Waals surface area contributed by atoms with E-state index in [1.54, 1.807) is 20.0 Å². The van der Waals surface area contributed by atoms with Gasteiger partial charge in [0.15, 0.2) is 0 Å². The fraction of sp³-hybridized carbons (Fsp3) is 0.750. The molecule has 0 amide bonds. The van der Waals surface area contributed by atoms with E-state index in [0.29, 0.717) is 18.7 Å². The summed E-state index contributed by atoms with van der Waals surface area (Å²) in [5, 5.41) is 17.1. The summed E-state index contributed by atoms with van der Waals surface area (Å²) in [7, 11) is 0. The Morgan fingerprint density at radius 1 is 1.62 bits per heavy atom. The molecule has 0 radical (unpaired) electrons. The van der Waals surface area contributed by atoms with Gasteiger partial charge in [-0.15, -0.1) is 5.10 Å². The standard InChI is InChI=1S/C8H14FN3O/c1-8(2,13)7-6-12(11-10-7)5-3-4-9/h6,13H,3-5H2,1-2H3. The van der Waals surface area contributed by atoms with Crippen molar-refractivity contribution in [1.29, 1.82) is 0 Å². The van der Waals surface area contributed by atoms with Gasteiger partial charge in [0.05, 0.1) is 12.9 Å². The molecule has 1 aromatic heterocycles. The summed E-state index contributed by atoms with van der Waals surface area (Å²) in [6, 6.07) is 0. The predicted molar refractivity (Wildman–Crippen MR) is 45.9 cm³/mol. The van der Waals surface area contributed by atoms with Gasteiger partial charge in [-0.25, -0.2) is 0 Å². The molecule has 1 N–H and O–H groups in total. The third-order valence-corrected chi connectivity index (χ3v) is 1.69. The molecule has 0 bridgehead atoms. The van der Waals surface area contributed by atoms with E-state index in [4.69, 9.17) is 0 Å². The van der Waals surface area contributed by atoms with E-state index < -0.39 is 5.60 Å². The lowest BCUT2D eigenvalue weighted by atomic mass is 10.1. The lowest BCUT2D eigenvalue weighted by molar-refractivity contribution is 0.0737. The molecule has 1 rings (SSSR count). The molecule has 5 heteroatoms. The Morgan fingerprint density at radius 3 is 2.77 bits per heavy atom. The number of hydrogen-bond donors (Lipinski definition) is 1. The van der Waals surface area contributed by atoms with Crippen LogP contribution in [-0.4, -0.2) is 26.8 Å². The highest BCUT2D eigenvalue weighted by Gasteiger charge is 2.19. The Balaban J connectivity index is 2.64. The number of aromatic nitrogens is 3. The van der Waals surface area contributed by atoms with Crippen LogP contribution in [0.1, 0.15) is 26.0 Å². The average molecular weight is 187 g/mol. The second kappa shape index (κ2) is 3.83. The van der Waals surface area contributed by atoms with Crippen molar-refractivity contribution in [2.45, 2.75) is 32.4 Å². The van der Waals surface area contributed by atoms with Gasteiger partial charge in [0.25, 0.3) is 0 Å². The molecule has 0 aliphatic heterocycles. The quantitative estimate of drug-likeness (QED) is 0.760. The van der Waals surface area contributed by atoms with Crippen LogP contribution in [0.2, 0.25) is 0 Å². The van der Waals surface area contributed by atoms with Crippen LogP contribution >= 0.6 is 0 Å². The molecule has 0 atom stereocenters. The molecule has 4 nitrogen and oxygen atoms in total. The van der Waals surface area contributed by atoms with E-state index in [-0.39, 0.29) is 6.67 Å². The van der Waals surface area contributed by atoms with Gasteiger partial charge in [0, 0.05) is 6.54 Å². The lowest BCUT2D eigenvalue weighted by Crippen LogP contribution is -2.15. The molecule has 0 saturated carbocycles. The van der Waals surface area contributed by atoms with E-state index in [2.05, 4.69) is 10.3 Å². The van der Waals surface area contributed by atoms with Crippen LogP contribution in [0.4, 0.5) is 4.39 Å². The normalized spacial score (nSPS) is 12.0. The average Bonchev–Trinajstić information content (AvgIpc) is 2.47. The van der Waals surface area contributed by atoms with Gasteiger partial charge in [0.2, 0.25) is 0 Å². The molecule has 74 valence electrons. The van der Waals surface area contributed by atoms with E-state index >= 15 is 0 Å². The highest BCUT2D eigenvalue weighted by Crippen LogP contribution is 2.15. The lowest BCUT2D eigenvalue weighted by Gasteiger charge is -2.11. The number of alkyl halides is 1. The molecular formula is C8H14FN3O. The summed E-state index contributed by atoms with van der Waals surface area (Å²) < 4.78 is 13.3. The maximum absolute atomic E-state index is 11.8. The molecule has 0 aromatic carbocycles. The van der Waals surface area contributed by atoms with Crippen molar-refractivity contribution in [1.82, 2.24) is 15.0 Å². The minimum Gasteiger partial charge on any atom is -0.384 e. The molecule has 13 heavy (non-hydrogen) atoms. The Labute approximate surface area is 76.4 Å². The minimum absolute atomic E-state index is 0.363. The van der Waals surface area contributed by atoms with Gasteiger partial charge in [0.1, 0.15) is 11.3 Å². The van der Waals surface area contributed by atoms with Gasteiger partial charge in [-0.05, 0) is 20.3 Å². The molecule has 0 saturated heterocycles. The first-order valence-corrected chi connectivity index (χ1v) is 4.23. The molecule has 1 heterocycles. The Bertz CT molecular complexity index is 267. The second-order valence-corrected chi connectivity index (χ2v) is 3.47. The van der Waals surface area contributed by atoms with Gasteiger partial charge >= 0.3 is 0 Å². The summed E-state index contributed by atoms with van der Waals surface area (Å²) >= 11 is 0. The Kier molecular flexibility index (Phi) is 2.98. The predicted octanol–water partition coefficient (Wildman–Crippen LogP) is 0.865. The molecule has 0 aliphatic carbocycles. The topological polar surface area (TPSA) is 50.9 Å². The zero-order valence-electron chi connectivity index (χ0n) is 7.87. The number of nitrogens with zero attached hydrogens (tertiary/aromatic N) is 3. The summed E-state index contributed by atoms with van der Waals surface area (Å²) in [6.07, 6.45) is 2.06. The molecule has 0 spiro atoms. The smallest absolute Gasteiger partial charge is 0.114 e. The largest absolute Gasteiger partial charge is 0.384 e. The zero-order chi connectivity index (χ0) is 9.90. The number of hydrogen-bond acceptors (Lipinski definition) is 3. The van der Waals surface area contributed by atoms with E-state index in [9.17, 15) is 9.50 Å². The number of rotatable bonds is 4. The molecule has 1 aromatic rings. The molecule has 0 unspecified atom stereocenters. The van der Waals surface area contributed by atoms with Crippen molar-refractivity contribution in [3.05, 3.63) is 11.9 Å². The van der Waals surface area contributed by atoms with Gasteiger partial charge in [-0.1, -0.05) is 5.21 Å². The summed E-state index contributed by atoms with van der Waals surface area (Å²) in [5.74, 6) is 0. The van der Waals surface area contributed by atoms with Crippen LogP contribution in [-0.2, 0) is 12.1 Å². The third kappa shape index (κ3) is 2.77. The summed E-state index contributed by atoms with van der Waals surface area (Å²) in [5.41, 5.74) is -0.472. The minimum atomic E-state index is -0.978. The monoisotopic (exact) mass is 187 g/mol. The van der Waals surface area contributed by atoms with Crippen molar-refractivity contribution < 1.29 is 9.50 Å². The number of aryl methyl sites for hydroxylation is 1. The Morgan fingerprint density at radius 2 is 2.31 bits per heavy atom. The van der Waals surface area contributed by atoms with Gasteiger partial charge in [-0.2, -0.15) is 0 Å². The maximum atomic E-state index is 11.8. The van der Waals surface area contributed by atoms with Crippen LogP contribution in [0.25, 0.3) is 0 Å². The third-order valence-electron chi connectivity index (χ3n) is 1.69. The van der Waals surface area contributed by atoms with Gasteiger partial charge in [-0.3, -0.25) is 9.07 Å². The Hall–Kier alpha value is -0.970. The highest BCUT2D eigenvalue weighted by atomic mass is 19.1. The first-order valence-electron chi connectivity index (χ1n) is 4.23. The van der Waals surface area contributed by atoms with E-state index in [0.717, 1.165) is 0 Å². The van der Waals surface area contributed by atoms with Crippen molar-refractivity contribution >= 4 is 0 Å². The summed E-state index contributed by atoms with van der Waals surface area (Å²) in [6.45, 7) is 3.41. The molecule has 0 fully saturated rings.